The van der Waals surface area contributed by atoms with Gasteiger partial charge in [-0.2, -0.15) is 0 Å². The van der Waals surface area contributed by atoms with Crippen molar-refractivity contribution in [2.24, 2.45) is 5.92 Å². The van der Waals surface area contributed by atoms with Crippen molar-refractivity contribution in [1.29, 1.82) is 0 Å². The molecule has 8 heteroatoms. The van der Waals surface area contributed by atoms with E-state index in [2.05, 4.69) is 26.2 Å². The summed E-state index contributed by atoms with van der Waals surface area (Å²) in [6.45, 7) is 2.79. The quantitative estimate of drug-likeness (QED) is 0.870. The Morgan fingerprint density at radius 1 is 1.36 bits per heavy atom. The molecule has 1 saturated heterocycles. The normalized spacial score (nSPS) is 17.5. The molecule has 0 aliphatic carbocycles. The van der Waals surface area contributed by atoms with Crippen LogP contribution in [0.25, 0.3) is 5.69 Å². The number of nitrogens with one attached hydrogen (secondary N) is 2. The van der Waals surface area contributed by atoms with Gasteiger partial charge >= 0.3 is 0 Å². The number of nitrogens with zero attached hydrogens (tertiary/aromatic N) is 4. The monoisotopic (exact) mass is 322 g/mol. The Labute approximate surface area is 134 Å². The van der Waals surface area contributed by atoms with Gasteiger partial charge in [-0.3, -0.25) is 4.79 Å². The number of carbonyl (C=O) groups excluding carboxylic acids is 1. The van der Waals surface area contributed by atoms with Crippen molar-refractivity contribution >= 4 is 18.3 Å². The fourth-order valence-corrected chi connectivity index (χ4v) is 2.48. The van der Waals surface area contributed by atoms with E-state index >= 15 is 0 Å². The molecule has 2 aromatic rings. The van der Waals surface area contributed by atoms with E-state index in [9.17, 15) is 4.79 Å². The van der Waals surface area contributed by atoms with Crippen LogP contribution in [-0.2, 0) is 0 Å². The van der Waals surface area contributed by atoms with Crippen LogP contribution in [-0.4, -0.2) is 45.7 Å². The number of aromatic nitrogens is 4. The van der Waals surface area contributed by atoms with Gasteiger partial charge in [0.15, 0.2) is 0 Å². The summed E-state index contributed by atoms with van der Waals surface area (Å²) < 4.78 is 1.55. The third kappa shape index (κ3) is 4.02. The summed E-state index contributed by atoms with van der Waals surface area (Å²) in [4.78, 5) is 12.1. The van der Waals surface area contributed by atoms with Crippen molar-refractivity contribution in [2.45, 2.75) is 12.8 Å². The molecule has 1 amide bonds. The first-order valence-corrected chi connectivity index (χ1v) is 7.15. The molecule has 1 aromatic heterocycles. The third-order valence-electron chi connectivity index (χ3n) is 3.69. The molecule has 118 valence electrons. The van der Waals surface area contributed by atoms with E-state index in [-0.39, 0.29) is 18.3 Å². The Kier molecular flexibility index (Phi) is 5.85. The number of benzene rings is 1. The smallest absolute Gasteiger partial charge is 0.251 e. The minimum Gasteiger partial charge on any atom is -0.352 e. The molecule has 1 aliphatic rings. The van der Waals surface area contributed by atoms with Crippen LogP contribution < -0.4 is 10.6 Å². The maximum atomic E-state index is 12.1. The highest BCUT2D eigenvalue weighted by atomic mass is 35.5. The minimum absolute atomic E-state index is 0. The largest absolute Gasteiger partial charge is 0.352 e. The van der Waals surface area contributed by atoms with Gasteiger partial charge in [-0.25, -0.2) is 4.68 Å². The molecule has 1 aliphatic heterocycles. The maximum absolute atomic E-state index is 12.1. The lowest BCUT2D eigenvalue weighted by Crippen LogP contribution is -2.38. The summed E-state index contributed by atoms with van der Waals surface area (Å²) in [6, 6.07) is 7.22. The van der Waals surface area contributed by atoms with Gasteiger partial charge in [-0.15, -0.1) is 17.5 Å². The number of halogens is 1. The second-order valence-electron chi connectivity index (χ2n) is 5.22. The van der Waals surface area contributed by atoms with Gasteiger partial charge in [0, 0.05) is 12.1 Å². The van der Waals surface area contributed by atoms with Crippen molar-refractivity contribution < 1.29 is 4.79 Å². The molecule has 1 fully saturated rings. The number of amides is 1. The maximum Gasteiger partial charge on any atom is 0.251 e. The van der Waals surface area contributed by atoms with Gasteiger partial charge in [0.25, 0.3) is 5.91 Å². The molecule has 7 nitrogen and oxygen atoms in total. The van der Waals surface area contributed by atoms with E-state index in [1.54, 1.807) is 16.8 Å². The van der Waals surface area contributed by atoms with Gasteiger partial charge < -0.3 is 10.6 Å². The molecule has 3 rings (SSSR count). The first kappa shape index (κ1) is 16.4. The van der Waals surface area contributed by atoms with Crippen LogP contribution in [0.3, 0.4) is 0 Å². The van der Waals surface area contributed by atoms with E-state index in [1.807, 2.05) is 12.1 Å². The van der Waals surface area contributed by atoms with E-state index in [1.165, 1.54) is 19.2 Å². The lowest BCUT2D eigenvalue weighted by Gasteiger charge is -2.22. The SMILES string of the molecule is Cl.O=C(NCC1CCCNC1)c1ccc(-n2cnnn2)cc1. The molecule has 1 atom stereocenters. The van der Waals surface area contributed by atoms with Crippen molar-refractivity contribution in [3.63, 3.8) is 0 Å². The second-order valence-corrected chi connectivity index (χ2v) is 5.22. The molecule has 1 aromatic carbocycles. The van der Waals surface area contributed by atoms with Crippen LogP contribution in [0.4, 0.5) is 0 Å². The van der Waals surface area contributed by atoms with Gasteiger partial charge in [0.05, 0.1) is 5.69 Å². The number of tetrazole rings is 1. The highest BCUT2D eigenvalue weighted by Crippen LogP contribution is 2.10. The lowest BCUT2D eigenvalue weighted by molar-refractivity contribution is 0.0945. The van der Waals surface area contributed by atoms with Gasteiger partial charge in [0.1, 0.15) is 6.33 Å². The summed E-state index contributed by atoms with van der Waals surface area (Å²) in [7, 11) is 0. The molecule has 2 N–H and O–H groups in total. The highest BCUT2D eigenvalue weighted by molar-refractivity contribution is 5.94. The van der Waals surface area contributed by atoms with Crippen LogP contribution in [0.15, 0.2) is 30.6 Å². The number of carbonyl (C=O) groups is 1. The minimum atomic E-state index is -0.0381. The third-order valence-corrected chi connectivity index (χ3v) is 3.69. The van der Waals surface area contributed by atoms with Crippen LogP contribution in [0.5, 0.6) is 0 Å². The van der Waals surface area contributed by atoms with E-state index in [0.29, 0.717) is 11.5 Å². The first-order valence-electron chi connectivity index (χ1n) is 7.15. The number of rotatable bonds is 4. The van der Waals surface area contributed by atoms with Crippen LogP contribution in [0.2, 0.25) is 0 Å². The predicted molar refractivity (Wildman–Crippen MR) is 84.3 cm³/mol. The number of hydrogen-bond acceptors (Lipinski definition) is 5. The molecule has 0 radical (unpaired) electrons. The summed E-state index contributed by atoms with van der Waals surface area (Å²) in [6.07, 6.45) is 3.87. The zero-order chi connectivity index (χ0) is 14.5. The molecular weight excluding hydrogens is 304 g/mol. The van der Waals surface area contributed by atoms with Gasteiger partial charge in [-0.05, 0) is 66.5 Å². The molecule has 0 spiro atoms. The van der Waals surface area contributed by atoms with Crippen molar-refractivity contribution in [2.75, 3.05) is 19.6 Å². The zero-order valence-electron chi connectivity index (χ0n) is 12.1. The van der Waals surface area contributed by atoms with Crippen LogP contribution in [0, 0.1) is 5.92 Å². The Morgan fingerprint density at radius 2 is 2.18 bits per heavy atom. The molecule has 22 heavy (non-hydrogen) atoms. The van der Waals surface area contributed by atoms with Crippen LogP contribution in [0.1, 0.15) is 23.2 Å². The Bertz CT molecular complexity index is 580. The standard InChI is InChI=1S/C14H18N6O.ClH/c21-14(16-9-11-2-1-7-15-8-11)12-3-5-13(6-4-12)20-10-17-18-19-20;/h3-6,10-11,15H,1-2,7-9H2,(H,16,21);1H. The van der Waals surface area contributed by atoms with Gasteiger partial charge in [0.2, 0.25) is 0 Å². The number of hydrogen-bond donors (Lipinski definition) is 2. The summed E-state index contributed by atoms with van der Waals surface area (Å²) in [5.41, 5.74) is 1.48. The first-order chi connectivity index (χ1) is 10.3. The van der Waals surface area contributed by atoms with Gasteiger partial charge in [-0.1, -0.05) is 0 Å². The Balaban J connectivity index is 0.00000176. The van der Waals surface area contributed by atoms with Crippen molar-refractivity contribution in [1.82, 2.24) is 30.8 Å². The fraction of sp³-hybridized carbons (Fsp3) is 0.429. The molecule has 1 unspecified atom stereocenters. The average molecular weight is 323 g/mol. The zero-order valence-corrected chi connectivity index (χ0v) is 12.9. The van der Waals surface area contributed by atoms with E-state index in [0.717, 1.165) is 25.3 Å². The second kappa shape index (κ2) is 7.86. The van der Waals surface area contributed by atoms with Crippen molar-refractivity contribution in [3.05, 3.63) is 36.2 Å². The Morgan fingerprint density at radius 3 is 2.82 bits per heavy atom. The lowest BCUT2D eigenvalue weighted by atomic mass is 9.99. The summed E-state index contributed by atoms with van der Waals surface area (Å²) >= 11 is 0. The van der Waals surface area contributed by atoms with Crippen LogP contribution >= 0.6 is 12.4 Å². The topological polar surface area (TPSA) is 84.7 Å². The summed E-state index contributed by atoms with van der Waals surface area (Å²) in [5, 5.41) is 17.3. The number of piperidine rings is 1. The fourth-order valence-electron chi connectivity index (χ4n) is 2.48. The van der Waals surface area contributed by atoms with E-state index < -0.39 is 0 Å². The van der Waals surface area contributed by atoms with E-state index in [4.69, 9.17) is 0 Å². The molecule has 0 bridgehead atoms. The average Bonchev–Trinajstić information content (AvgIpc) is 3.08. The Hall–Kier alpha value is -1.99. The van der Waals surface area contributed by atoms with Crippen molar-refractivity contribution in [3.8, 4) is 5.69 Å². The molecule has 0 saturated carbocycles. The summed E-state index contributed by atoms with van der Waals surface area (Å²) in [5.74, 6) is 0.493. The highest BCUT2D eigenvalue weighted by Gasteiger charge is 2.14. The molecule has 2 heterocycles. The molecular formula is C14H19ClN6O. The predicted octanol–water partition coefficient (Wildman–Crippen LogP) is 0.813.